The molecule has 2 aliphatic rings. The van der Waals surface area contributed by atoms with E-state index in [4.69, 9.17) is 4.74 Å². The Morgan fingerprint density at radius 3 is 2.44 bits per heavy atom. The van der Waals surface area contributed by atoms with Gasteiger partial charge in [0.15, 0.2) is 6.61 Å². The number of carbonyl (C=O) groups is 4. The van der Waals surface area contributed by atoms with Crippen LogP contribution >= 0.6 is 11.3 Å². The maximum Gasteiger partial charge on any atom is 0.329 e. The molecule has 2 fully saturated rings. The smallest absolute Gasteiger partial charge is 0.329 e. The molecule has 3 unspecified atom stereocenters. The molecular weight excluding hydrogens is 368 g/mol. The highest BCUT2D eigenvalue weighted by molar-refractivity contribution is 7.09. The Morgan fingerprint density at radius 1 is 1.26 bits per heavy atom. The predicted molar refractivity (Wildman–Crippen MR) is 98.5 cm³/mol. The lowest BCUT2D eigenvalue weighted by Crippen LogP contribution is -2.45. The van der Waals surface area contributed by atoms with Crippen molar-refractivity contribution in [2.24, 2.45) is 11.8 Å². The number of hydrogen-bond acceptors (Lipinski definition) is 6. The molecule has 1 saturated heterocycles. The summed E-state index contributed by atoms with van der Waals surface area (Å²) in [5.74, 6) is -2.24. The van der Waals surface area contributed by atoms with E-state index in [1.54, 1.807) is 18.4 Å². The van der Waals surface area contributed by atoms with Crippen molar-refractivity contribution in [3.05, 3.63) is 22.4 Å². The number of thiophene rings is 1. The summed E-state index contributed by atoms with van der Waals surface area (Å²) in [6.45, 7) is 1.51. The van der Waals surface area contributed by atoms with Gasteiger partial charge in [0.2, 0.25) is 11.8 Å². The molecule has 27 heavy (non-hydrogen) atoms. The first-order valence-corrected chi connectivity index (χ1v) is 10.1. The summed E-state index contributed by atoms with van der Waals surface area (Å²) in [7, 11) is 1.64. The topological polar surface area (TPSA) is 84.0 Å². The first-order valence-electron chi connectivity index (χ1n) is 9.20. The lowest BCUT2D eigenvalue weighted by molar-refractivity contribution is -0.161. The van der Waals surface area contributed by atoms with Gasteiger partial charge in [-0.2, -0.15) is 0 Å². The molecule has 0 bridgehead atoms. The minimum absolute atomic E-state index is 0.282. The van der Waals surface area contributed by atoms with Gasteiger partial charge < -0.3 is 9.64 Å². The molecule has 7 nitrogen and oxygen atoms in total. The van der Waals surface area contributed by atoms with Crippen LogP contribution in [0, 0.1) is 11.8 Å². The highest BCUT2D eigenvalue weighted by atomic mass is 32.1. The van der Waals surface area contributed by atoms with E-state index >= 15 is 0 Å². The summed E-state index contributed by atoms with van der Waals surface area (Å²) in [6.07, 6.45) is 3.24. The highest BCUT2D eigenvalue weighted by Gasteiger charge is 2.51. The van der Waals surface area contributed by atoms with Gasteiger partial charge in [0.25, 0.3) is 5.91 Å². The van der Waals surface area contributed by atoms with Crippen molar-refractivity contribution in [1.82, 2.24) is 9.80 Å². The molecule has 3 amide bonds. The number of fused-ring (bicyclic) bond motifs is 1. The summed E-state index contributed by atoms with van der Waals surface area (Å²) in [5.41, 5.74) is 0. The van der Waals surface area contributed by atoms with Crippen molar-refractivity contribution in [2.75, 3.05) is 13.7 Å². The third-order valence-corrected chi connectivity index (χ3v) is 6.20. The van der Waals surface area contributed by atoms with Crippen molar-refractivity contribution < 1.29 is 23.9 Å². The molecule has 0 spiro atoms. The molecule has 2 heterocycles. The molecule has 146 valence electrons. The van der Waals surface area contributed by atoms with Crippen LogP contribution in [0.4, 0.5) is 0 Å². The van der Waals surface area contributed by atoms with E-state index in [9.17, 15) is 19.2 Å². The van der Waals surface area contributed by atoms with Gasteiger partial charge in [0, 0.05) is 11.9 Å². The van der Waals surface area contributed by atoms with Gasteiger partial charge in [-0.3, -0.25) is 19.3 Å². The molecule has 1 aromatic heterocycles. The normalized spacial score (nSPS) is 23.1. The Kier molecular flexibility index (Phi) is 5.94. The Balaban J connectivity index is 1.53. The molecule has 3 rings (SSSR count). The second-order valence-electron chi connectivity index (χ2n) is 7.16. The molecule has 1 aliphatic carbocycles. The fourth-order valence-electron chi connectivity index (χ4n) is 3.76. The standard InChI is InChI=1S/C19H24N2O5S/c1-12(21-17(23)14-7-3-4-8-15(14)18(21)24)19(25)26-11-16(22)20(2)10-13-6-5-9-27-13/h5-6,9,12,14-15H,3-4,7-8,10-11H2,1-2H3. The van der Waals surface area contributed by atoms with E-state index in [-0.39, 0.29) is 29.6 Å². The summed E-state index contributed by atoms with van der Waals surface area (Å²) < 4.78 is 5.10. The van der Waals surface area contributed by atoms with Crippen LogP contribution in [0.25, 0.3) is 0 Å². The minimum Gasteiger partial charge on any atom is -0.454 e. The number of likely N-dealkylation sites (N-methyl/N-ethyl adjacent to an activating group) is 1. The number of rotatable bonds is 6. The van der Waals surface area contributed by atoms with Gasteiger partial charge in [0.1, 0.15) is 6.04 Å². The molecule has 0 radical (unpaired) electrons. The zero-order valence-corrected chi connectivity index (χ0v) is 16.4. The molecule has 8 heteroatoms. The Bertz CT molecular complexity index is 708. The van der Waals surface area contributed by atoms with Gasteiger partial charge in [-0.25, -0.2) is 4.79 Å². The SMILES string of the molecule is CC(C(=O)OCC(=O)N(C)Cc1cccs1)N1C(=O)C2CCCCC2C1=O. The third kappa shape index (κ3) is 4.05. The Morgan fingerprint density at radius 2 is 1.89 bits per heavy atom. The molecule has 0 aromatic carbocycles. The first kappa shape index (κ1) is 19.5. The van der Waals surface area contributed by atoms with Crippen molar-refractivity contribution in [3.63, 3.8) is 0 Å². The fourth-order valence-corrected chi connectivity index (χ4v) is 4.52. The predicted octanol–water partition coefficient (Wildman–Crippen LogP) is 1.81. The van der Waals surface area contributed by atoms with Crippen molar-refractivity contribution >= 4 is 35.0 Å². The largest absolute Gasteiger partial charge is 0.454 e. The summed E-state index contributed by atoms with van der Waals surface area (Å²) in [5, 5.41) is 1.93. The Hall–Kier alpha value is -2.22. The number of hydrogen-bond donors (Lipinski definition) is 0. The quantitative estimate of drug-likeness (QED) is 0.545. The molecular formula is C19H24N2O5S. The number of likely N-dealkylation sites (tertiary alicyclic amines) is 1. The van der Waals surface area contributed by atoms with Crippen molar-refractivity contribution in [1.29, 1.82) is 0 Å². The number of ether oxygens (including phenoxy) is 1. The number of nitrogens with zero attached hydrogens (tertiary/aromatic N) is 2. The molecule has 1 saturated carbocycles. The number of imide groups is 1. The summed E-state index contributed by atoms with van der Waals surface area (Å²) in [4.78, 5) is 53.1. The number of carbonyl (C=O) groups excluding carboxylic acids is 4. The van der Waals surface area contributed by atoms with Gasteiger partial charge in [-0.15, -0.1) is 11.3 Å². The molecule has 1 aromatic rings. The molecule has 1 aliphatic heterocycles. The van der Waals surface area contributed by atoms with E-state index in [1.807, 2.05) is 17.5 Å². The van der Waals surface area contributed by atoms with Crippen LogP contribution < -0.4 is 0 Å². The van der Waals surface area contributed by atoms with Crippen LogP contribution in [0.15, 0.2) is 17.5 Å². The monoisotopic (exact) mass is 392 g/mol. The summed E-state index contributed by atoms with van der Waals surface area (Å²) >= 11 is 1.54. The van der Waals surface area contributed by atoms with E-state index in [0.29, 0.717) is 19.4 Å². The average molecular weight is 392 g/mol. The fraction of sp³-hybridized carbons (Fsp3) is 0.579. The maximum absolute atomic E-state index is 12.5. The molecule has 0 N–H and O–H groups in total. The van der Waals surface area contributed by atoms with Crippen molar-refractivity contribution in [3.8, 4) is 0 Å². The van der Waals surface area contributed by atoms with E-state index < -0.39 is 18.6 Å². The number of amides is 3. The average Bonchev–Trinajstić information content (AvgIpc) is 3.26. The van der Waals surface area contributed by atoms with Crippen LogP contribution in [-0.2, 0) is 30.5 Å². The lowest BCUT2D eigenvalue weighted by Gasteiger charge is -2.22. The van der Waals surface area contributed by atoms with Crippen LogP contribution in [0.2, 0.25) is 0 Å². The van der Waals surface area contributed by atoms with E-state index in [1.165, 1.54) is 11.8 Å². The molecule has 3 atom stereocenters. The van der Waals surface area contributed by atoms with E-state index in [2.05, 4.69) is 0 Å². The van der Waals surface area contributed by atoms with Crippen LogP contribution in [0.3, 0.4) is 0 Å². The van der Waals surface area contributed by atoms with Crippen LogP contribution in [0.5, 0.6) is 0 Å². The van der Waals surface area contributed by atoms with Gasteiger partial charge in [0.05, 0.1) is 18.4 Å². The van der Waals surface area contributed by atoms with Gasteiger partial charge >= 0.3 is 5.97 Å². The lowest BCUT2D eigenvalue weighted by atomic mass is 9.81. The summed E-state index contributed by atoms with van der Waals surface area (Å²) in [6, 6.07) is 2.82. The van der Waals surface area contributed by atoms with Gasteiger partial charge in [-0.05, 0) is 31.2 Å². The zero-order chi connectivity index (χ0) is 19.6. The number of esters is 1. The van der Waals surface area contributed by atoms with Crippen LogP contribution in [0.1, 0.15) is 37.5 Å². The van der Waals surface area contributed by atoms with E-state index in [0.717, 1.165) is 22.6 Å². The van der Waals surface area contributed by atoms with Crippen LogP contribution in [-0.4, -0.2) is 53.2 Å². The zero-order valence-electron chi connectivity index (χ0n) is 15.6. The minimum atomic E-state index is -1.01. The Labute approximate surface area is 162 Å². The third-order valence-electron chi connectivity index (χ3n) is 5.34. The maximum atomic E-state index is 12.5. The van der Waals surface area contributed by atoms with Crippen molar-refractivity contribution in [2.45, 2.75) is 45.2 Å². The second kappa shape index (κ2) is 8.21. The first-order chi connectivity index (χ1) is 12.9. The second-order valence-corrected chi connectivity index (χ2v) is 8.19. The highest BCUT2D eigenvalue weighted by Crippen LogP contribution is 2.38. The van der Waals surface area contributed by atoms with Gasteiger partial charge in [-0.1, -0.05) is 18.9 Å².